The monoisotopic (exact) mass is 469 g/mol. The predicted octanol–water partition coefficient (Wildman–Crippen LogP) is 3.62. The highest BCUT2D eigenvalue weighted by Gasteiger charge is 2.32. The number of benzene rings is 3. The molecule has 0 saturated heterocycles. The van der Waals surface area contributed by atoms with Crippen molar-refractivity contribution in [3.8, 4) is 0 Å². The summed E-state index contributed by atoms with van der Waals surface area (Å²) in [5, 5.41) is 3.09. The number of fused-ring (bicyclic) bond motifs is 1. The molecule has 10 heteroatoms. The third-order valence-corrected chi connectivity index (χ3v) is 6.52. The fraction of sp³-hybridized carbons (Fsp3) is 0.0455. The molecule has 32 heavy (non-hydrogen) atoms. The van der Waals surface area contributed by atoms with Crippen LogP contribution in [0.5, 0.6) is 0 Å². The molecule has 0 spiro atoms. The van der Waals surface area contributed by atoms with Crippen molar-refractivity contribution in [2.45, 2.75) is 4.90 Å². The van der Waals surface area contributed by atoms with Gasteiger partial charge in [0.15, 0.2) is 0 Å². The maximum absolute atomic E-state index is 12.5. The number of nitrogens with one attached hydrogen (secondary N) is 2. The summed E-state index contributed by atoms with van der Waals surface area (Å²) in [6, 6.07) is 16.1. The molecule has 0 fully saturated rings. The number of carbonyl (C=O) groups is 3. The van der Waals surface area contributed by atoms with Gasteiger partial charge in [-0.05, 0) is 66.7 Å². The average Bonchev–Trinajstić information content (AvgIpc) is 2.98. The van der Waals surface area contributed by atoms with Crippen LogP contribution in [0, 0.1) is 0 Å². The van der Waals surface area contributed by atoms with Gasteiger partial charge in [0.25, 0.3) is 27.7 Å². The number of nitrogens with zero attached hydrogens (tertiary/aromatic N) is 1. The lowest BCUT2D eigenvalue weighted by Crippen LogP contribution is -2.24. The van der Waals surface area contributed by atoms with E-state index in [9.17, 15) is 22.8 Å². The highest BCUT2D eigenvalue weighted by molar-refractivity contribution is 7.92. The van der Waals surface area contributed by atoms with Crippen LogP contribution >= 0.6 is 11.6 Å². The minimum Gasteiger partial charge on any atom is -0.322 e. The lowest BCUT2D eigenvalue weighted by Gasteiger charge is -2.10. The molecule has 162 valence electrons. The normalized spacial score (nSPS) is 13.1. The molecule has 1 aliphatic rings. The van der Waals surface area contributed by atoms with Crippen LogP contribution in [0.25, 0.3) is 0 Å². The second-order valence-electron chi connectivity index (χ2n) is 7.02. The molecule has 0 unspecified atom stereocenters. The molecule has 0 aromatic heterocycles. The molecule has 1 aliphatic heterocycles. The first-order valence-corrected chi connectivity index (χ1v) is 11.2. The van der Waals surface area contributed by atoms with Crippen molar-refractivity contribution in [3.05, 3.63) is 88.4 Å². The molecule has 0 aliphatic carbocycles. The van der Waals surface area contributed by atoms with E-state index in [0.29, 0.717) is 10.7 Å². The van der Waals surface area contributed by atoms with Gasteiger partial charge in [-0.1, -0.05) is 11.6 Å². The average molecular weight is 470 g/mol. The fourth-order valence-electron chi connectivity index (χ4n) is 3.16. The lowest BCUT2D eigenvalue weighted by atomic mass is 10.1. The number of imide groups is 1. The Hall–Kier alpha value is -3.69. The van der Waals surface area contributed by atoms with Gasteiger partial charge < -0.3 is 5.32 Å². The molecule has 3 aromatic rings. The zero-order valence-corrected chi connectivity index (χ0v) is 18.2. The van der Waals surface area contributed by atoms with Crippen molar-refractivity contribution in [3.63, 3.8) is 0 Å². The Morgan fingerprint density at radius 1 is 0.844 bits per heavy atom. The third kappa shape index (κ3) is 4.08. The van der Waals surface area contributed by atoms with E-state index < -0.39 is 21.8 Å². The van der Waals surface area contributed by atoms with E-state index in [1.54, 1.807) is 0 Å². The van der Waals surface area contributed by atoms with Gasteiger partial charge in [-0.25, -0.2) is 8.42 Å². The molecule has 0 atom stereocenters. The quantitative estimate of drug-likeness (QED) is 0.554. The van der Waals surface area contributed by atoms with E-state index in [1.807, 2.05) is 0 Å². The van der Waals surface area contributed by atoms with E-state index in [-0.39, 0.29) is 33.2 Å². The van der Waals surface area contributed by atoms with Gasteiger partial charge in [-0.2, -0.15) is 0 Å². The Balaban J connectivity index is 1.47. The molecular formula is C22H16ClN3O5S. The first-order chi connectivity index (χ1) is 15.2. The van der Waals surface area contributed by atoms with Crippen LogP contribution in [0.2, 0.25) is 5.02 Å². The molecule has 0 bridgehead atoms. The van der Waals surface area contributed by atoms with Crippen LogP contribution in [-0.4, -0.2) is 38.1 Å². The molecular weight excluding hydrogens is 454 g/mol. The number of hydrogen-bond acceptors (Lipinski definition) is 5. The van der Waals surface area contributed by atoms with Gasteiger partial charge in [0.05, 0.1) is 16.0 Å². The zero-order chi connectivity index (χ0) is 23.0. The highest BCUT2D eigenvalue weighted by atomic mass is 35.5. The summed E-state index contributed by atoms with van der Waals surface area (Å²) in [5.74, 6) is -1.28. The molecule has 3 aromatic carbocycles. The maximum atomic E-state index is 12.5. The van der Waals surface area contributed by atoms with Gasteiger partial charge in [0.1, 0.15) is 0 Å². The van der Waals surface area contributed by atoms with Crippen LogP contribution in [0.4, 0.5) is 11.4 Å². The Kier molecular flexibility index (Phi) is 5.45. The molecule has 0 saturated carbocycles. The van der Waals surface area contributed by atoms with Gasteiger partial charge in [0.2, 0.25) is 0 Å². The number of carbonyl (C=O) groups excluding carboxylic acids is 3. The largest absolute Gasteiger partial charge is 0.322 e. The minimum atomic E-state index is -3.80. The van der Waals surface area contributed by atoms with Crippen molar-refractivity contribution in [1.82, 2.24) is 4.90 Å². The van der Waals surface area contributed by atoms with Crippen LogP contribution in [0.15, 0.2) is 71.6 Å². The van der Waals surface area contributed by atoms with Crippen LogP contribution in [-0.2, 0) is 10.0 Å². The van der Waals surface area contributed by atoms with Gasteiger partial charge >= 0.3 is 0 Å². The third-order valence-electron chi connectivity index (χ3n) is 4.87. The van der Waals surface area contributed by atoms with E-state index in [4.69, 9.17) is 11.6 Å². The molecule has 3 amide bonds. The summed E-state index contributed by atoms with van der Waals surface area (Å²) in [7, 11) is -2.41. The van der Waals surface area contributed by atoms with Gasteiger partial charge in [0, 0.05) is 29.0 Å². The second kappa shape index (κ2) is 8.10. The van der Waals surface area contributed by atoms with Crippen molar-refractivity contribution >= 4 is 50.7 Å². The summed E-state index contributed by atoms with van der Waals surface area (Å²) in [5.41, 5.74) is 1.42. The summed E-state index contributed by atoms with van der Waals surface area (Å²) in [4.78, 5) is 37.7. The first-order valence-electron chi connectivity index (χ1n) is 9.32. The fourth-order valence-corrected chi connectivity index (χ4v) is 4.34. The van der Waals surface area contributed by atoms with Crippen LogP contribution in [0.1, 0.15) is 31.1 Å². The van der Waals surface area contributed by atoms with E-state index in [1.165, 1.54) is 73.8 Å². The van der Waals surface area contributed by atoms with Gasteiger partial charge in [-0.15, -0.1) is 0 Å². The zero-order valence-electron chi connectivity index (χ0n) is 16.6. The number of sulfonamides is 1. The highest BCUT2D eigenvalue weighted by Crippen LogP contribution is 2.25. The molecule has 8 nitrogen and oxygen atoms in total. The molecule has 0 radical (unpaired) electrons. The number of anilines is 2. The van der Waals surface area contributed by atoms with E-state index >= 15 is 0 Å². The summed E-state index contributed by atoms with van der Waals surface area (Å²) < 4.78 is 27.3. The lowest BCUT2D eigenvalue weighted by molar-refractivity contribution is 0.0692. The maximum Gasteiger partial charge on any atom is 0.261 e. The van der Waals surface area contributed by atoms with E-state index in [2.05, 4.69) is 10.0 Å². The smallest absolute Gasteiger partial charge is 0.261 e. The summed E-state index contributed by atoms with van der Waals surface area (Å²) >= 11 is 5.79. The minimum absolute atomic E-state index is 0.0546. The molecule has 1 heterocycles. The van der Waals surface area contributed by atoms with Gasteiger partial charge in [-0.3, -0.25) is 24.0 Å². The van der Waals surface area contributed by atoms with Crippen molar-refractivity contribution < 1.29 is 22.8 Å². The van der Waals surface area contributed by atoms with Crippen molar-refractivity contribution in [2.24, 2.45) is 0 Å². The standard InChI is InChI=1S/C22H16ClN3O5S/c1-26-21(28)18-11-8-16(12-19(18)22(26)29)24-20(27)13-2-6-15(7-3-13)25-32(30,31)17-9-4-14(23)5-10-17/h2-12,25H,1H3,(H,24,27). The van der Waals surface area contributed by atoms with Crippen molar-refractivity contribution in [2.75, 3.05) is 17.1 Å². The Morgan fingerprint density at radius 2 is 1.44 bits per heavy atom. The summed E-state index contributed by atoms with van der Waals surface area (Å²) in [6.45, 7) is 0. The SMILES string of the molecule is CN1C(=O)c2ccc(NC(=O)c3ccc(NS(=O)(=O)c4ccc(Cl)cc4)cc3)cc2C1=O. The van der Waals surface area contributed by atoms with Crippen LogP contribution < -0.4 is 10.0 Å². The second-order valence-corrected chi connectivity index (χ2v) is 9.14. The number of amides is 3. The first kappa shape index (κ1) is 21.5. The van der Waals surface area contributed by atoms with E-state index in [0.717, 1.165) is 4.90 Å². The predicted molar refractivity (Wildman–Crippen MR) is 120 cm³/mol. The number of halogens is 1. The van der Waals surface area contributed by atoms with Crippen molar-refractivity contribution in [1.29, 1.82) is 0 Å². The topological polar surface area (TPSA) is 113 Å². The Bertz CT molecular complexity index is 1350. The Morgan fingerprint density at radius 3 is 2.09 bits per heavy atom. The summed E-state index contributed by atoms with van der Waals surface area (Å²) in [6.07, 6.45) is 0. The number of rotatable bonds is 5. The molecule has 4 rings (SSSR count). The number of hydrogen-bond donors (Lipinski definition) is 2. The Labute approximate surface area is 188 Å². The molecule has 2 N–H and O–H groups in total. The van der Waals surface area contributed by atoms with Crippen LogP contribution in [0.3, 0.4) is 0 Å².